The number of rotatable bonds is 4. The highest BCUT2D eigenvalue weighted by atomic mass is 19.4. The predicted molar refractivity (Wildman–Crippen MR) is 70.5 cm³/mol. The topological polar surface area (TPSA) is 43.8 Å². The molecular formula is C14H16F3N3. The van der Waals surface area contributed by atoms with Gasteiger partial charge in [0.25, 0.3) is 0 Å². The van der Waals surface area contributed by atoms with Gasteiger partial charge in [0.15, 0.2) is 0 Å². The Balaban J connectivity index is 2.44. The minimum absolute atomic E-state index is 0.0244. The molecule has 0 spiro atoms. The zero-order chi connectivity index (χ0) is 14.8. The lowest BCUT2D eigenvalue weighted by Crippen LogP contribution is -2.22. The van der Waals surface area contributed by atoms with E-state index in [0.717, 1.165) is 12.5 Å². The van der Waals surface area contributed by atoms with E-state index in [4.69, 9.17) is 5.73 Å². The molecule has 1 aromatic heterocycles. The molecule has 0 saturated heterocycles. The Morgan fingerprint density at radius 3 is 2.65 bits per heavy atom. The van der Waals surface area contributed by atoms with Crippen LogP contribution in [-0.4, -0.2) is 15.8 Å². The fourth-order valence-electron chi connectivity index (χ4n) is 2.00. The number of alkyl halides is 3. The van der Waals surface area contributed by atoms with Crippen LogP contribution in [0, 0.1) is 0 Å². The van der Waals surface area contributed by atoms with Gasteiger partial charge in [0.1, 0.15) is 0 Å². The molecule has 108 valence electrons. The second kappa shape index (κ2) is 5.66. The van der Waals surface area contributed by atoms with Gasteiger partial charge in [-0.3, -0.25) is 0 Å². The van der Waals surface area contributed by atoms with Crippen molar-refractivity contribution in [3.8, 4) is 5.69 Å². The van der Waals surface area contributed by atoms with Crippen LogP contribution in [0.3, 0.4) is 0 Å². The van der Waals surface area contributed by atoms with Crippen molar-refractivity contribution >= 4 is 0 Å². The number of nitrogens with zero attached hydrogens (tertiary/aromatic N) is 2. The zero-order valence-electron chi connectivity index (χ0n) is 11.1. The molecule has 0 saturated carbocycles. The minimum atomic E-state index is -4.42. The molecule has 0 amide bonds. The molecule has 1 heterocycles. The van der Waals surface area contributed by atoms with Crippen LogP contribution in [0.4, 0.5) is 13.2 Å². The molecule has 2 N–H and O–H groups in total. The van der Waals surface area contributed by atoms with Crippen LogP contribution in [0.25, 0.3) is 5.69 Å². The molecule has 1 unspecified atom stereocenters. The summed E-state index contributed by atoms with van der Waals surface area (Å²) >= 11 is 0. The second-order valence-corrected chi connectivity index (χ2v) is 4.67. The van der Waals surface area contributed by atoms with Gasteiger partial charge in [0.2, 0.25) is 0 Å². The molecule has 0 bridgehead atoms. The van der Waals surface area contributed by atoms with E-state index in [-0.39, 0.29) is 11.7 Å². The molecule has 0 aliphatic carbocycles. The summed E-state index contributed by atoms with van der Waals surface area (Å²) in [5, 5.41) is 3.86. The summed E-state index contributed by atoms with van der Waals surface area (Å²) in [5.41, 5.74) is 5.72. The monoisotopic (exact) mass is 283 g/mol. The third-order valence-electron chi connectivity index (χ3n) is 3.14. The van der Waals surface area contributed by atoms with Crippen LogP contribution in [0.5, 0.6) is 0 Å². The van der Waals surface area contributed by atoms with Crippen molar-refractivity contribution in [1.82, 2.24) is 9.78 Å². The third kappa shape index (κ3) is 3.19. The normalized spacial score (nSPS) is 13.4. The van der Waals surface area contributed by atoms with Crippen LogP contribution in [-0.2, 0) is 12.6 Å². The van der Waals surface area contributed by atoms with Gasteiger partial charge in [-0.2, -0.15) is 18.3 Å². The van der Waals surface area contributed by atoms with Gasteiger partial charge in [-0.25, -0.2) is 4.68 Å². The first-order valence-corrected chi connectivity index (χ1v) is 6.37. The van der Waals surface area contributed by atoms with E-state index in [9.17, 15) is 13.2 Å². The largest absolute Gasteiger partial charge is 0.418 e. The first kappa shape index (κ1) is 14.6. The van der Waals surface area contributed by atoms with Crippen molar-refractivity contribution in [2.45, 2.75) is 32.0 Å². The summed E-state index contributed by atoms with van der Waals surface area (Å²) in [6.07, 6.45) is -0.335. The Morgan fingerprint density at radius 2 is 2.10 bits per heavy atom. The smallest absolute Gasteiger partial charge is 0.327 e. The lowest BCUT2D eigenvalue weighted by Gasteiger charge is -2.16. The highest BCUT2D eigenvalue weighted by Crippen LogP contribution is 2.34. The Morgan fingerprint density at radius 1 is 1.35 bits per heavy atom. The molecular weight excluding hydrogens is 267 g/mol. The molecule has 0 aliphatic rings. The molecule has 2 aromatic rings. The molecule has 3 nitrogen and oxygen atoms in total. The van der Waals surface area contributed by atoms with E-state index in [1.54, 1.807) is 12.1 Å². The van der Waals surface area contributed by atoms with E-state index >= 15 is 0 Å². The Labute approximate surface area is 115 Å². The summed E-state index contributed by atoms with van der Waals surface area (Å²) in [5.74, 6) is 0. The van der Waals surface area contributed by atoms with Crippen molar-refractivity contribution in [1.29, 1.82) is 0 Å². The average Bonchev–Trinajstić information content (AvgIpc) is 2.91. The van der Waals surface area contributed by atoms with Crippen LogP contribution in [0.2, 0.25) is 0 Å². The van der Waals surface area contributed by atoms with E-state index < -0.39 is 11.7 Å². The third-order valence-corrected chi connectivity index (χ3v) is 3.14. The molecule has 0 aliphatic heterocycles. The van der Waals surface area contributed by atoms with Crippen LogP contribution >= 0.6 is 0 Å². The number of hydrogen-bond donors (Lipinski definition) is 1. The van der Waals surface area contributed by atoms with Crippen LogP contribution < -0.4 is 5.73 Å². The van der Waals surface area contributed by atoms with Crippen molar-refractivity contribution in [2.24, 2.45) is 5.73 Å². The second-order valence-electron chi connectivity index (χ2n) is 4.67. The van der Waals surface area contributed by atoms with E-state index in [2.05, 4.69) is 5.10 Å². The Hall–Kier alpha value is -1.82. The Kier molecular flexibility index (Phi) is 4.13. The summed E-state index contributed by atoms with van der Waals surface area (Å²) in [6, 6.07) is 5.72. The molecule has 2 rings (SSSR count). The molecule has 1 atom stereocenters. The van der Waals surface area contributed by atoms with Gasteiger partial charge in [-0.05, 0) is 36.6 Å². The maximum absolute atomic E-state index is 13.2. The van der Waals surface area contributed by atoms with Gasteiger partial charge in [-0.1, -0.05) is 13.0 Å². The van der Waals surface area contributed by atoms with Gasteiger partial charge in [0, 0.05) is 18.4 Å². The number of benzene rings is 1. The summed E-state index contributed by atoms with van der Waals surface area (Å²) < 4.78 is 40.7. The van der Waals surface area contributed by atoms with Crippen LogP contribution in [0.1, 0.15) is 24.5 Å². The van der Waals surface area contributed by atoms with Gasteiger partial charge in [-0.15, -0.1) is 0 Å². The molecule has 6 heteroatoms. The van der Waals surface area contributed by atoms with Crippen molar-refractivity contribution < 1.29 is 13.2 Å². The van der Waals surface area contributed by atoms with E-state index in [0.29, 0.717) is 12.0 Å². The van der Waals surface area contributed by atoms with Crippen molar-refractivity contribution in [3.05, 3.63) is 47.8 Å². The fourth-order valence-corrected chi connectivity index (χ4v) is 2.00. The first-order valence-electron chi connectivity index (χ1n) is 6.37. The first-order chi connectivity index (χ1) is 9.41. The van der Waals surface area contributed by atoms with Crippen molar-refractivity contribution in [2.75, 3.05) is 0 Å². The minimum Gasteiger partial charge on any atom is -0.327 e. The molecule has 0 fully saturated rings. The summed E-state index contributed by atoms with van der Waals surface area (Å²) in [6.45, 7) is 1.91. The highest BCUT2D eigenvalue weighted by Gasteiger charge is 2.34. The van der Waals surface area contributed by atoms with E-state index in [1.807, 2.05) is 6.92 Å². The average molecular weight is 283 g/mol. The lowest BCUT2D eigenvalue weighted by molar-refractivity contribution is -0.137. The number of hydrogen-bond acceptors (Lipinski definition) is 2. The lowest BCUT2D eigenvalue weighted by atomic mass is 10.0. The Bertz CT molecular complexity index is 562. The summed E-state index contributed by atoms with van der Waals surface area (Å²) in [7, 11) is 0. The number of nitrogens with two attached hydrogens (primary N) is 1. The predicted octanol–water partition coefficient (Wildman–Crippen LogP) is 3.17. The molecule has 0 radical (unpaired) electrons. The fraction of sp³-hybridized carbons (Fsp3) is 0.357. The quantitative estimate of drug-likeness (QED) is 0.936. The maximum atomic E-state index is 13.2. The summed E-state index contributed by atoms with van der Waals surface area (Å²) in [4.78, 5) is 0. The van der Waals surface area contributed by atoms with Crippen molar-refractivity contribution in [3.63, 3.8) is 0 Å². The molecule has 20 heavy (non-hydrogen) atoms. The standard InChI is InChI=1S/C14H16F3N3/c1-2-11(18)8-10-4-5-13(20-7-3-6-19-20)12(9-10)14(15,16)17/h3-7,9,11H,2,8,18H2,1H3. The van der Waals surface area contributed by atoms with Gasteiger partial charge >= 0.3 is 6.18 Å². The zero-order valence-corrected chi connectivity index (χ0v) is 11.1. The number of halogens is 3. The van der Waals surface area contributed by atoms with Crippen LogP contribution in [0.15, 0.2) is 36.7 Å². The van der Waals surface area contributed by atoms with Gasteiger partial charge < -0.3 is 5.73 Å². The number of aromatic nitrogens is 2. The SMILES string of the molecule is CCC(N)Cc1ccc(-n2cccn2)c(C(F)(F)F)c1. The van der Waals surface area contributed by atoms with Gasteiger partial charge in [0.05, 0.1) is 11.3 Å². The molecule has 1 aromatic carbocycles. The highest BCUT2D eigenvalue weighted by molar-refractivity contribution is 5.45. The maximum Gasteiger partial charge on any atom is 0.418 e. The van der Waals surface area contributed by atoms with E-state index in [1.165, 1.54) is 23.1 Å².